The van der Waals surface area contributed by atoms with Crippen molar-refractivity contribution >= 4 is 23.1 Å². The van der Waals surface area contributed by atoms with Crippen LogP contribution in [-0.4, -0.2) is 24.2 Å². The van der Waals surface area contributed by atoms with Crippen LogP contribution in [0.25, 0.3) is 23.1 Å². The van der Waals surface area contributed by atoms with E-state index in [0.717, 1.165) is 16.5 Å². The van der Waals surface area contributed by atoms with Gasteiger partial charge in [-0.15, -0.1) is 0 Å². The van der Waals surface area contributed by atoms with Gasteiger partial charge in [0.25, 0.3) is 0 Å². The van der Waals surface area contributed by atoms with Gasteiger partial charge in [0.05, 0.1) is 19.7 Å². The zero-order chi connectivity index (χ0) is 15.4. The monoisotopic (exact) mass is 292 g/mol. The lowest BCUT2D eigenvalue weighted by atomic mass is 10.2. The summed E-state index contributed by atoms with van der Waals surface area (Å²) in [6, 6.07) is 13.7. The van der Waals surface area contributed by atoms with Crippen LogP contribution in [0.15, 0.2) is 48.7 Å². The van der Waals surface area contributed by atoms with Gasteiger partial charge in [-0.25, -0.2) is 9.97 Å². The van der Waals surface area contributed by atoms with Gasteiger partial charge in [-0.05, 0) is 29.8 Å². The third-order valence-electron chi connectivity index (χ3n) is 3.34. The lowest BCUT2D eigenvalue weighted by molar-refractivity contribution is 0.355. The fourth-order valence-corrected chi connectivity index (χ4v) is 2.19. The Kier molecular flexibility index (Phi) is 4.01. The van der Waals surface area contributed by atoms with Crippen molar-refractivity contribution in [3.8, 4) is 11.5 Å². The largest absolute Gasteiger partial charge is 0.493 e. The summed E-state index contributed by atoms with van der Waals surface area (Å²) in [5, 5.41) is 1.03. The van der Waals surface area contributed by atoms with E-state index in [0.29, 0.717) is 17.3 Å². The van der Waals surface area contributed by atoms with Crippen LogP contribution in [0, 0.1) is 0 Å². The fourth-order valence-electron chi connectivity index (χ4n) is 2.19. The van der Waals surface area contributed by atoms with Gasteiger partial charge in [0.2, 0.25) is 0 Å². The average Bonchev–Trinajstić information content (AvgIpc) is 2.59. The quantitative estimate of drug-likeness (QED) is 0.733. The Labute approximate surface area is 129 Å². The minimum Gasteiger partial charge on any atom is -0.493 e. The van der Waals surface area contributed by atoms with Crippen LogP contribution in [0.4, 0.5) is 0 Å². The zero-order valence-corrected chi connectivity index (χ0v) is 12.5. The second-order valence-electron chi connectivity index (χ2n) is 4.73. The van der Waals surface area contributed by atoms with Crippen molar-refractivity contribution in [2.45, 2.75) is 0 Å². The number of aromatic nitrogens is 2. The molecule has 1 heterocycles. The van der Waals surface area contributed by atoms with Gasteiger partial charge >= 0.3 is 0 Å². The molecule has 0 saturated heterocycles. The second-order valence-corrected chi connectivity index (χ2v) is 4.73. The van der Waals surface area contributed by atoms with Crippen LogP contribution in [0.5, 0.6) is 11.5 Å². The maximum atomic E-state index is 5.30. The van der Waals surface area contributed by atoms with Crippen molar-refractivity contribution in [2.75, 3.05) is 14.2 Å². The van der Waals surface area contributed by atoms with Gasteiger partial charge in [0.1, 0.15) is 0 Å². The number of rotatable bonds is 4. The first-order valence-corrected chi connectivity index (χ1v) is 6.92. The molecule has 0 radical (unpaired) electrons. The molecule has 0 unspecified atom stereocenters. The number of nitrogens with zero attached hydrogens (tertiary/aromatic N) is 2. The number of hydrogen-bond donors (Lipinski definition) is 0. The van der Waals surface area contributed by atoms with E-state index in [9.17, 15) is 0 Å². The summed E-state index contributed by atoms with van der Waals surface area (Å²) in [7, 11) is 3.24. The number of para-hydroxylation sites is 1. The van der Waals surface area contributed by atoms with Crippen molar-refractivity contribution in [1.29, 1.82) is 0 Å². The van der Waals surface area contributed by atoms with Crippen LogP contribution in [-0.2, 0) is 0 Å². The van der Waals surface area contributed by atoms with Crippen molar-refractivity contribution in [3.05, 3.63) is 60.0 Å². The molecule has 0 aliphatic rings. The number of ether oxygens (including phenoxy) is 2. The summed E-state index contributed by atoms with van der Waals surface area (Å²) in [6.45, 7) is 0. The highest BCUT2D eigenvalue weighted by molar-refractivity contribution is 5.79. The highest BCUT2D eigenvalue weighted by Crippen LogP contribution is 2.28. The van der Waals surface area contributed by atoms with E-state index >= 15 is 0 Å². The second kappa shape index (κ2) is 6.26. The summed E-state index contributed by atoms with van der Waals surface area (Å²) in [6.07, 6.45) is 5.66. The molecule has 22 heavy (non-hydrogen) atoms. The Morgan fingerprint density at radius 1 is 0.909 bits per heavy atom. The predicted octanol–water partition coefficient (Wildman–Crippen LogP) is 3.82. The Morgan fingerprint density at radius 3 is 2.55 bits per heavy atom. The van der Waals surface area contributed by atoms with Crippen LogP contribution in [0.3, 0.4) is 0 Å². The molecular weight excluding hydrogens is 276 g/mol. The smallest absolute Gasteiger partial charge is 0.161 e. The summed E-state index contributed by atoms with van der Waals surface area (Å²) < 4.78 is 10.5. The Bertz CT molecular complexity index is 828. The zero-order valence-electron chi connectivity index (χ0n) is 12.5. The molecule has 3 rings (SSSR count). The normalized spacial score (nSPS) is 11.0. The number of fused-ring (bicyclic) bond motifs is 1. The predicted molar refractivity (Wildman–Crippen MR) is 88.0 cm³/mol. The van der Waals surface area contributed by atoms with E-state index in [1.165, 1.54) is 0 Å². The maximum Gasteiger partial charge on any atom is 0.161 e. The SMILES string of the molecule is COc1ccc(C=Cc2ncc3ccccc3n2)cc1OC. The Hall–Kier alpha value is -2.88. The molecule has 2 aromatic carbocycles. The van der Waals surface area contributed by atoms with E-state index in [1.54, 1.807) is 14.2 Å². The van der Waals surface area contributed by atoms with Gasteiger partial charge < -0.3 is 9.47 Å². The van der Waals surface area contributed by atoms with Crippen molar-refractivity contribution in [2.24, 2.45) is 0 Å². The van der Waals surface area contributed by atoms with Gasteiger partial charge in [0, 0.05) is 11.6 Å². The maximum absolute atomic E-state index is 5.30. The molecule has 0 atom stereocenters. The number of benzene rings is 2. The van der Waals surface area contributed by atoms with E-state index < -0.39 is 0 Å². The van der Waals surface area contributed by atoms with Crippen molar-refractivity contribution in [1.82, 2.24) is 9.97 Å². The van der Waals surface area contributed by atoms with Gasteiger partial charge in [0.15, 0.2) is 17.3 Å². The van der Waals surface area contributed by atoms with Crippen LogP contribution < -0.4 is 9.47 Å². The average molecular weight is 292 g/mol. The first-order valence-electron chi connectivity index (χ1n) is 6.92. The molecule has 0 aliphatic carbocycles. The molecule has 0 saturated carbocycles. The van der Waals surface area contributed by atoms with Crippen molar-refractivity contribution < 1.29 is 9.47 Å². The standard InChI is InChI=1S/C18H16N2O2/c1-21-16-9-7-13(11-17(16)22-2)8-10-18-19-12-14-5-3-4-6-15(14)20-18/h3-12H,1-2H3. The first kappa shape index (κ1) is 14.1. The van der Waals surface area contributed by atoms with E-state index in [2.05, 4.69) is 9.97 Å². The number of hydrogen-bond acceptors (Lipinski definition) is 4. The van der Waals surface area contributed by atoms with E-state index in [4.69, 9.17) is 9.47 Å². The molecule has 3 aromatic rings. The molecule has 0 N–H and O–H groups in total. The molecule has 110 valence electrons. The Balaban J connectivity index is 1.89. The summed E-state index contributed by atoms with van der Waals surface area (Å²) in [4.78, 5) is 8.86. The summed E-state index contributed by atoms with van der Waals surface area (Å²) in [5.41, 5.74) is 1.93. The molecule has 4 heteroatoms. The van der Waals surface area contributed by atoms with Gasteiger partial charge in [-0.1, -0.05) is 30.3 Å². The van der Waals surface area contributed by atoms with E-state index in [1.807, 2.05) is 60.8 Å². The highest BCUT2D eigenvalue weighted by atomic mass is 16.5. The van der Waals surface area contributed by atoms with E-state index in [-0.39, 0.29) is 0 Å². The minimum absolute atomic E-state index is 0.675. The lowest BCUT2D eigenvalue weighted by Gasteiger charge is -2.07. The Morgan fingerprint density at radius 2 is 1.73 bits per heavy atom. The first-order chi connectivity index (χ1) is 10.8. The molecule has 1 aromatic heterocycles. The summed E-state index contributed by atoms with van der Waals surface area (Å²) >= 11 is 0. The molecular formula is C18H16N2O2. The topological polar surface area (TPSA) is 44.2 Å². The molecule has 0 fully saturated rings. The van der Waals surface area contributed by atoms with Crippen LogP contribution in [0.1, 0.15) is 11.4 Å². The highest BCUT2D eigenvalue weighted by Gasteiger charge is 2.03. The molecule has 0 aliphatic heterocycles. The van der Waals surface area contributed by atoms with Crippen LogP contribution in [0.2, 0.25) is 0 Å². The van der Waals surface area contributed by atoms with Gasteiger partial charge in [-0.2, -0.15) is 0 Å². The third kappa shape index (κ3) is 2.91. The van der Waals surface area contributed by atoms with Crippen LogP contribution >= 0.6 is 0 Å². The van der Waals surface area contributed by atoms with Crippen molar-refractivity contribution in [3.63, 3.8) is 0 Å². The fraction of sp³-hybridized carbons (Fsp3) is 0.111. The molecule has 0 amide bonds. The molecule has 4 nitrogen and oxygen atoms in total. The summed E-state index contributed by atoms with van der Waals surface area (Å²) in [5.74, 6) is 2.08. The minimum atomic E-state index is 0.675. The number of methoxy groups -OCH3 is 2. The lowest BCUT2D eigenvalue weighted by Crippen LogP contribution is -1.90. The molecule has 0 spiro atoms. The molecule has 0 bridgehead atoms. The third-order valence-corrected chi connectivity index (χ3v) is 3.34. The van der Waals surface area contributed by atoms with Gasteiger partial charge in [-0.3, -0.25) is 0 Å².